The van der Waals surface area contributed by atoms with Gasteiger partial charge in [0.05, 0.1) is 32.3 Å². The molecule has 19 heteroatoms. The molecule has 0 aliphatic carbocycles. The van der Waals surface area contributed by atoms with Crippen molar-refractivity contribution in [1.29, 1.82) is 0 Å². The van der Waals surface area contributed by atoms with Gasteiger partial charge in [0.15, 0.2) is 5.96 Å². The summed E-state index contributed by atoms with van der Waals surface area (Å²) in [5, 5.41) is 18.7. The molecule has 3 aromatic carbocycles. The largest absolute Gasteiger partial charge is 0.378 e. The normalized spacial score (nSPS) is 11.5. The molecule has 0 radical (unpaired) electrons. The highest BCUT2D eigenvalue weighted by atomic mass is 16.5. The highest BCUT2D eigenvalue weighted by molar-refractivity contribution is 5.95. The van der Waals surface area contributed by atoms with Gasteiger partial charge in [-0.15, -0.1) is 0 Å². The molecule has 8 amide bonds. The molecule has 0 unspecified atom stereocenters. The molecule has 0 saturated carbocycles. The number of carbonyl (C=O) groups excluding carboxylic acids is 6. The molecule has 0 heterocycles. The van der Waals surface area contributed by atoms with Crippen molar-refractivity contribution in [1.82, 2.24) is 37.2 Å². The van der Waals surface area contributed by atoms with Crippen LogP contribution in [0.4, 0.5) is 9.59 Å². The Kier molecular flexibility index (Phi) is 23.0. The van der Waals surface area contributed by atoms with Gasteiger partial charge in [-0.05, 0) is 35.1 Å². The Morgan fingerprint density at radius 1 is 0.607 bits per heavy atom. The number of guanidine groups is 1. The predicted octanol–water partition coefficient (Wildman–Crippen LogP) is 0.187. The van der Waals surface area contributed by atoms with E-state index in [2.05, 4.69) is 42.2 Å². The van der Waals surface area contributed by atoms with Gasteiger partial charge in [0.2, 0.25) is 23.6 Å². The van der Waals surface area contributed by atoms with Crippen molar-refractivity contribution in [2.24, 2.45) is 22.2 Å². The number of amides is 8. The first-order valence-electron chi connectivity index (χ1n) is 20.1. The highest BCUT2D eigenvalue weighted by Crippen LogP contribution is 2.25. The number of urea groups is 2. The zero-order valence-corrected chi connectivity index (χ0v) is 34.3. The summed E-state index contributed by atoms with van der Waals surface area (Å²) in [6.07, 6.45) is 0.510. The third-order valence-electron chi connectivity index (χ3n) is 8.81. The first-order chi connectivity index (χ1) is 29.5. The second kappa shape index (κ2) is 28.8. The lowest BCUT2D eigenvalue weighted by Gasteiger charge is -2.23. The number of nitrogens with one attached hydrogen (secondary N) is 7. The molecule has 13 N–H and O–H groups in total. The third kappa shape index (κ3) is 20.8. The van der Waals surface area contributed by atoms with Crippen LogP contribution in [0.5, 0.6) is 0 Å². The molecule has 330 valence electrons. The average molecular weight is 846 g/mol. The fraction of sp³-hybridized carbons (Fsp3) is 0.405. The molecule has 0 bridgehead atoms. The Balaban J connectivity index is 1.46. The molecule has 3 aromatic rings. The minimum Gasteiger partial charge on any atom is -0.378 e. The SMILES string of the molecule is NCCOCCOCCNC(=O)CCC(=O)NCCNC(=O)NC(N)=NCCC[C@H](NC(=O)C(c1ccccc1)c1ccccc1)C(=O)NCc1ccc(CNC(N)=O)cc1. The van der Waals surface area contributed by atoms with Crippen LogP contribution in [-0.4, -0.2) is 107 Å². The van der Waals surface area contributed by atoms with E-state index in [0.29, 0.717) is 45.9 Å². The Labute approximate surface area is 355 Å². The third-order valence-corrected chi connectivity index (χ3v) is 8.81. The summed E-state index contributed by atoms with van der Waals surface area (Å²) >= 11 is 0. The maximum atomic E-state index is 13.9. The number of ether oxygens (including phenoxy) is 2. The van der Waals surface area contributed by atoms with E-state index in [-0.39, 0.29) is 75.7 Å². The topological polar surface area (TPSA) is 296 Å². The maximum Gasteiger partial charge on any atom is 0.321 e. The van der Waals surface area contributed by atoms with Crippen molar-refractivity contribution >= 4 is 41.7 Å². The number of benzene rings is 3. The second-order valence-corrected chi connectivity index (χ2v) is 13.6. The molecule has 0 saturated heterocycles. The number of rotatable bonds is 27. The molecular formula is C42H59N11O8. The first kappa shape index (κ1) is 48.8. The van der Waals surface area contributed by atoms with Crippen LogP contribution in [-0.2, 0) is 41.7 Å². The summed E-state index contributed by atoms with van der Waals surface area (Å²) in [5.74, 6) is -2.23. The Bertz CT molecular complexity index is 1790. The smallest absolute Gasteiger partial charge is 0.321 e. The average Bonchev–Trinajstić information content (AvgIpc) is 3.26. The number of nitrogens with two attached hydrogens (primary N) is 3. The van der Waals surface area contributed by atoms with Gasteiger partial charge < -0.3 is 58.6 Å². The zero-order chi connectivity index (χ0) is 44.1. The summed E-state index contributed by atoms with van der Waals surface area (Å²) in [7, 11) is 0. The van der Waals surface area contributed by atoms with E-state index in [9.17, 15) is 28.8 Å². The molecule has 0 aliphatic heterocycles. The van der Waals surface area contributed by atoms with Crippen LogP contribution in [0.25, 0.3) is 0 Å². The minimum absolute atomic E-state index is 0.000470. The van der Waals surface area contributed by atoms with Gasteiger partial charge in [-0.2, -0.15) is 0 Å². The van der Waals surface area contributed by atoms with Gasteiger partial charge in [-0.25, -0.2) is 9.59 Å². The van der Waals surface area contributed by atoms with E-state index in [1.165, 1.54) is 0 Å². The van der Waals surface area contributed by atoms with Crippen LogP contribution in [0.2, 0.25) is 0 Å². The number of aliphatic imine (C=N–C) groups is 1. The first-order valence-corrected chi connectivity index (χ1v) is 20.1. The number of hydrogen-bond acceptors (Lipinski definition) is 10. The zero-order valence-electron chi connectivity index (χ0n) is 34.3. The second-order valence-electron chi connectivity index (χ2n) is 13.6. The molecule has 1 atom stereocenters. The number of hydrogen-bond donors (Lipinski definition) is 10. The summed E-state index contributed by atoms with van der Waals surface area (Å²) in [5.41, 5.74) is 19.6. The number of carbonyl (C=O) groups is 6. The minimum atomic E-state index is -0.934. The molecule has 0 aromatic heterocycles. The van der Waals surface area contributed by atoms with Crippen LogP contribution >= 0.6 is 0 Å². The van der Waals surface area contributed by atoms with E-state index in [4.69, 9.17) is 26.7 Å². The molecule has 61 heavy (non-hydrogen) atoms. The summed E-state index contributed by atoms with van der Waals surface area (Å²) < 4.78 is 10.5. The maximum absolute atomic E-state index is 13.9. The lowest BCUT2D eigenvalue weighted by Crippen LogP contribution is -2.48. The molecule has 0 fully saturated rings. The summed E-state index contributed by atoms with van der Waals surface area (Å²) in [6, 6.07) is 23.6. The van der Waals surface area contributed by atoms with E-state index in [0.717, 1.165) is 22.3 Å². The Morgan fingerprint density at radius 3 is 1.72 bits per heavy atom. The number of nitrogens with zero attached hydrogens (tertiary/aromatic N) is 1. The van der Waals surface area contributed by atoms with E-state index < -0.39 is 29.9 Å². The number of primary amides is 1. The molecule has 0 aliphatic rings. The lowest BCUT2D eigenvalue weighted by molar-refractivity contribution is -0.129. The molecule has 19 nitrogen and oxygen atoms in total. The van der Waals surface area contributed by atoms with Gasteiger partial charge in [0.25, 0.3) is 0 Å². The van der Waals surface area contributed by atoms with Gasteiger partial charge in [0, 0.05) is 58.7 Å². The fourth-order valence-corrected chi connectivity index (χ4v) is 5.73. The van der Waals surface area contributed by atoms with Gasteiger partial charge in [0.1, 0.15) is 6.04 Å². The van der Waals surface area contributed by atoms with E-state index >= 15 is 0 Å². The van der Waals surface area contributed by atoms with Gasteiger partial charge >= 0.3 is 12.1 Å². The van der Waals surface area contributed by atoms with Gasteiger partial charge in [-0.3, -0.25) is 29.5 Å². The van der Waals surface area contributed by atoms with E-state index in [1.54, 1.807) is 0 Å². The van der Waals surface area contributed by atoms with Crippen molar-refractivity contribution in [2.75, 3.05) is 59.2 Å². The van der Waals surface area contributed by atoms with Crippen LogP contribution in [0.15, 0.2) is 89.9 Å². The lowest BCUT2D eigenvalue weighted by atomic mass is 9.90. The summed E-state index contributed by atoms with van der Waals surface area (Å²) in [6.45, 7) is 3.13. The van der Waals surface area contributed by atoms with Crippen molar-refractivity contribution in [3.63, 3.8) is 0 Å². The van der Waals surface area contributed by atoms with Crippen LogP contribution in [0.1, 0.15) is 53.9 Å². The van der Waals surface area contributed by atoms with Crippen LogP contribution in [0, 0.1) is 0 Å². The van der Waals surface area contributed by atoms with Crippen LogP contribution in [0.3, 0.4) is 0 Å². The van der Waals surface area contributed by atoms with Crippen molar-refractivity contribution < 1.29 is 38.2 Å². The molecule has 3 rings (SSSR count). The van der Waals surface area contributed by atoms with Crippen molar-refractivity contribution in [2.45, 2.75) is 50.7 Å². The summed E-state index contributed by atoms with van der Waals surface area (Å²) in [4.78, 5) is 79.2. The van der Waals surface area contributed by atoms with Crippen molar-refractivity contribution in [3.8, 4) is 0 Å². The predicted molar refractivity (Wildman–Crippen MR) is 230 cm³/mol. The van der Waals surface area contributed by atoms with Gasteiger partial charge in [-0.1, -0.05) is 84.9 Å². The molecule has 0 spiro atoms. The van der Waals surface area contributed by atoms with Crippen LogP contribution < -0.4 is 54.4 Å². The van der Waals surface area contributed by atoms with E-state index in [1.807, 2.05) is 84.9 Å². The van der Waals surface area contributed by atoms with Crippen molar-refractivity contribution in [3.05, 3.63) is 107 Å². The molecular weight excluding hydrogens is 787 g/mol. The quantitative estimate of drug-likeness (QED) is 0.0282. The fourth-order valence-electron chi connectivity index (χ4n) is 5.73. The monoisotopic (exact) mass is 845 g/mol. The highest BCUT2D eigenvalue weighted by Gasteiger charge is 2.27. The standard InChI is InChI=1S/C42H59N11O8/c43-19-24-60-26-27-61-25-23-47-36(55)18-17-35(54)46-21-22-49-42(59)53-40(44)48-20-7-12-34(38(56)50-28-30-13-15-31(16-14-30)29-51-41(45)58)52-39(57)37(32-8-3-1-4-9-32)33-10-5-2-6-11-33/h1-6,8-11,13-16,34,37H,7,12,17-29,43H2,(H,46,54)(H,47,55)(H,50,56)(H,52,57)(H3,45,51,58)(H4,44,48,49,53,59)/t34-/m0/s1. The Morgan fingerprint density at radius 2 is 1.15 bits per heavy atom. The Hall–Kier alpha value is -6.57.